The molecule has 0 spiro atoms. The van der Waals surface area contributed by atoms with Crippen LogP contribution < -0.4 is 5.32 Å². The summed E-state index contributed by atoms with van der Waals surface area (Å²) in [5, 5.41) is 3.29. The monoisotopic (exact) mass is 277 g/mol. The van der Waals surface area contributed by atoms with Gasteiger partial charge < -0.3 is 5.32 Å². The summed E-state index contributed by atoms with van der Waals surface area (Å²) in [6.07, 6.45) is 1.80. The molecule has 0 amide bonds. The van der Waals surface area contributed by atoms with Crippen LogP contribution in [0.3, 0.4) is 0 Å². The van der Waals surface area contributed by atoms with Gasteiger partial charge in [0.1, 0.15) is 5.82 Å². The van der Waals surface area contributed by atoms with Gasteiger partial charge in [-0.3, -0.25) is 0 Å². The number of aryl methyl sites for hydroxylation is 2. The van der Waals surface area contributed by atoms with Gasteiger partial charge in [-0.25, -0.2) is 9.97 Å². The highest BCUT2D eigenvalue weighted by atomic mass is 79.9. The highest BCUT2D eigenvalue weighted by molar-refractivity contribution is 9.10. The van der Waals surface area contributed by atoms with Gasteiger partial charge in [0.2, 0.25) is 0 Å². The predicted molar refractivity (Wildman–Crippen MR) is 68.9 cm³/mol. The maximum atomic E-state index is 4.31. The molecule has 3 nitrogen and oxygen atoms in total. The fraction of sp³-hybridized carbons (Fsp3) is 0.167. The number of nitrogens with one attached hydrogen (secondary N) is 1. The lowest BCUT2D eigenvalue weighted by atomic mass is 10.3. The van der Waals surface area contributed by atoms with E-state index in [4.69, 9.17) is 0 Å². The molecular formula is C12H12BrN3. The van der Waals surface area contributed by atoms with E-state index in [1.165, 1.54) is 0 Å². The number of halogens is 1. The molecule has 16 heavy (non-hydrogen) atoms. The molecule has 2 aromatic rings. The Morgan fingerprint density at radius 1 is 1.25 bits per heavy atom. The number of nitrogens with zero attached hydrogens (tertiary/aromatic N) is 2. The number of rotatable bonds is 2. The van der Waals surface area contributed by atoms with Gasteiger partial charge in [0, 0.05) is 10.2 Å². The highest BCUT2D eigenvalue weighted by Gasteiger charge is 2.01. The second-order valence-electron chi connectivity index (χ2n) is 3.55. The van der Waals surface area contributed by atoms with Crippen molar-refractivity contribution >= 4 is 27.3 Å². The van der Waals surface area contributed by atoms with Crippen LogP contribution in [-0.4, -0.2) is 9.97 Å². The van der Waals surface area contributed by atoms with Crippen molar-refractivity contribution in [2.75, 3.05) is 5.32 Å². The van der Waals surface area contributed by atoms with Crippen LogP contribution in [0.25, 0.3) is 0 Å². The molecule has 1 aromatic carbocycles. The van der Waals surface area contributed by atoms with Crippen LogP contribution in [0.5, 0.6) is 0 Å². The fourth-order valence-corrected chi connectivity index (χ4v) is 1.83. The smallest absolute Gasteiger partial charge is 0.125 e. The number of benzene rings is 1. The molecule has 0 aliphatic heterocycles. The third-order valence-electron chi connectivity index (χ3n) is 2.20. The quantitative estimate of drug-likeness (QED) is 0.912. The topological polar surface area (TPSA) is 37.8 Å². The van der Waals surface area contributed by atoms with Crippen LogP contribution in [0.15, 0.2) is 34.9 Å². The molecule has 0 unspecified atom stereocenters. The van der Waals surface area contributed by atoms with Crippen molar-refractivity contribution in [3.05, 3.63) is 46.5 Å². The largest absolute Gasteiger partial charge is 0.353 e. The van der Waals surface area contributed by atoms with Gasteiger partial charge in [-0.1, -0.05) is 22.0 Å². The third kappa shape index (κ3) is 2.58. The van der Waals surface area contributed by atoms with E-state index in [1.807, 2.05) is 38.1 Å². The maximum absolute atomic E-state index is 4.31. The molecule has 0 atom stereocenters. The first-order chi connectivity index (χ1) is 7.65. The van der Waals surface area contributed by atoms with E-state index in [1.54, 1.807) is 6.20 Å². The molecule has 0 aliphatic rings. The number of aromatic nitrogens is 2. The molecule has 1 aromatic heterocycles. The summed E-state index contributed by atoms with van der Waals surface area (Å²) in [5.74, 6) is 0.789. The lowest BCUT2D eigenvalue weighted by Crippen LogP contribution is -1.98. The van der Waals surface area contributed by atoms with Crippen molar-refractivity contribution in [1.82, 2.24) is 9.97 Å². The number of hydrogen-bond acceptors (Lipinski definition) is 3. The average molecular weight is 278 g/mol. The van der Waals surface area contributed by atoms with Crippen molar-refractivity contribution in [1.29, 1.82) is 0 Å². The van der Waals surface area contributed by atoms with Crippen LogP contribution in [0.2, 0.25) is 0 Å². The zero-order chi connectivity index (χ0) is 11.5. The van der Waals surface area contributed by atoms with Crippen LogP contribution in [0.1, 0.15) is 11.5 Å². The molecule has 0 saturated carbocycles. The van der Waals surface area contributed by atoms with Crippen molar-refractivity contribution < 1.29 is 0 Å². The molecule has 0 bridgehead atoms. The first kappa shape index (κ1) is 11.1. The molecule has 2 rings (SSSR count). The molecule has 0 aliphatic carbocycles. The molecule has 82 valence electrons. The van der Waals surface area contributed by atoms with Crippen LogP contribution in [0.4, 0.5) is 11.4 Å². The Labute approximate surface area is 103 Å². The Bertz CT molecular complexity index is 511. The second kappa shape index (κ2) is 4.61. The van der Waals surface area contributed by atoms with E-state index >= 15 is 0 Å². The van der Waals surface area contributed by atoms with Gasteiger partial charge in [-0.15, -0.1) is 0 Å². The lowest BCUT2D eigenvalue weighted by molar-refractivity contribution is 1.01. The summed E-state index contributed by atoms with van der Waals surface area (Å²) in [4.78, 5) is 8.48. The first-order valence-corrected chi connectivity index (χ1v) is 5.77. The van der Waals surface area contributed by atoms with Crippen LogP contribution in [0, 0.1) is 13.8 Å². The van der Waals surface area contributed by atoms with Gasteiger partial charge in [-0.05, 0) is 32.0 Å². The van der Waals surface area contributed by atoms with Gasteiger partial charge in [0.05, 0.1) is 17.6 Å². The summed E-state index contributed by atoms with van der Waals surface area (Å²) in [5.41, 5.74) is 2.90. The van der Waals surface area contributed by atoms with Crippen molar-refractivity contribution in [3.8, 4) is 0 Å². The Morgan fingerprint density at radius 2 is 2.06 bits per heavy atom. The minimum Gasteiger partial charge on any atom is -0.353 e. The Balaban J connectivity index is 2.27. The zero-order valence-corrected chi connectivity index (χ0v) is 10.7. The minimum atomic E-state index is 0.789. The molecule has 0 fully saturated rings. The van der Waals surface area contributed by atoms with E-state index in [2.05, 4.69) is 31.2 Å². The van der Waals surface area contributed by atoms with Crippen molar-refractivity contribution in [2.24, 2.45) is 0 Å². The summed E-state index contributed by atoms with van der Waals surface area (Å²) in [6.45, 7) is 3.85. The van der Waals surface area contributed by atoms with Gasteiger partial charge in [-0.2, -0.15) is 0 Å². The summed E-state index contributed by atoms with van der Waals surface area (Å²) in [7, 11) is 0. The maximum Gasteiger partial charge on any atom is 0.125 e. The Morgan fingerprint density at radius 3 is 2.75 bits per heavy atom. The first-order valence-electron chi connectivity index (χ1n) is 4.98. The van der Waals surface area contributed by atoms with Crippen LogP contribution >= 0.6 is 15.9 Å². The standard InChI is InChI=1S/C12H12BrN3/c1-8-12(7-14-9(2)15-8)16-11-5-3-4-10(13)6-11/h3-7,16H,1-2H3. The summed E-state index contributed by atoms with van der Waals surface area (Å²) < 4.78 is 1.04. The van der Waals surface area contributed by atoms with Crippen molar-refractivity contribution in [3.63, 3.8) is 0 Å². The van der Waals surface area contributed by atoms with Crippen molar-refractivity contribution in [2.45, 2.75) is 13.8 Å². The number of anilines is 2. The van der Waals surface area contributed by atoms with Gasteiger partial charge >= 0.3 is 0 Å². The Kier molecular flexibility index (Phi) is 3.19. The Hall–Kier alpha value is -1.42. The van der Waals surface area contributed by atoms with Crippen LogP contribution in [-0.2, 0) is 0 Å². The third-order valence-corrected chi connectivity index (χ3v) is 2.70. The normalized spacial score (nSPS) is 10.2. The lowest BCUT2D eigenvalue weighted by Gasteiger charge is -2.08. The number of hydrogen-bond donors (Lipinski definition) is 1. The van der Waals surface area contributed by atoms with Gasteiger partial charge in [0.25, 0.3) is 0 Å². The SMILES string of the molecule is Cc1ncc(Nc2cccc(Br)c2)c(C)n1. The average Bonchev–Trinajstić information content (AvgIpc) is 2.22. The molecular weight excluding hydrogens is 266 g/mol. The summed E-state index contributed by atoms with van der Waals surface area (Å²) in [6, 6.07) is 7.99. The summed E-state index contributed by atoms with van der Waals surface area (Å²) >= 11 is 3.43. The molecule has 0 saturated heterocycles. The molecule has 1 heterocycles. The highest BCUT2D eigenvalue weighted by Crippen LogP contribution is 2.21. The fourth-order valence-electron chi connectivity index (χ4n) is 1.43. The van der Waals surface area contributed by atoms with E-state index in [-0.39, 0.29) is 0 Å². The zero-order valence-electron chi connectivity index (χ0n) is 9.16. The molecule has 1 N–H and O–H groups in total. The minimum absolute atomic E-state index is 0.789. The predicted octanol–water partition coefficient (Wildman–Crippen LogP) is 3.60. The van der Waals surface area contributed by atoms with E-state index in [0.717, 1.165) is 27.4 Å². The van der Waals surface area contributed by atoms with E-state index in [9.17, 15) is 0 Å². The molecule has 0 radical (unpaired) electrons. The van der Waals surface area contributed by atoms with E-state index < -0.39 is 0 Å². The molecule has 4 heteroatoms. The van der Waals surface area contributed by atoms with E-state index in [0.29, 0.717) is 0 Å². The second-order valence-corrected chi connectivity index (χ2v) is 4.47. The van der Waals surface area contributed by atoms with Gasteiger partial charge in [0.15, 0.2) is 0 Å².